The Kier molecular flexibility index (Phi) is 5.91. The fourth-order valence-corrected chi connectivity index (χ4v) is 5.63. The highest BCUT2D eigenvalue weighted by Crippen LogP contribution is 2.40. The Morgan fingerprint density at radius 2 is 1.78 bits per heavy atom. The third-order valence-electron chi connectivity index (χ3n) is 7.25. The molecule has 1 amide bonds. The van der Waals surface area contributed by atoms with Crippen molar-refractivity contribution in [2.24, 2.45) is 5.92 Å². The molecule has 7 heteroatoms. The average molecular weight is 455 g/mol. The van der Waals surface area contributed by atoms with Crippen molar-refractivity contribution < 1.29 is 9.53 Å². The highest BCUT2D eigenvalue weighted by atomic mass is 35.5. The molecule has 3 heterocycles. The number of nitrogens with zero attached hydrogens (tertiary/aromatic N) is 4. The van der Waals surface area contributed by atoms with Crippen molar-refractivity contribution in [3.8, 4) is 5.75 Å². The van der Waals surface area contributed by atoms with E-state index >= 15 is 0 Å². The minimum Gasteiger partial charge on any atom is -0.497 e. The highest BCUT2D eigenvalue weighted by molar-refractivity contribution is 6.33. The zero-order chi connectivity index (χ0) is 22.2. The number of amides is 1. The molecule has 0 radical (unpaired) electrons. The number of rotatable bonds is 3. The first-order valence-corrected chi connectivity index (χ1v) is 11.8. The largest absolute Gasteiger partial charge is 0.497 e. The van der Waals surface area contributed by atoms with Crippen molar-refractivity contribution in [2.45, 2.75) is 12.5 Å². The van der Waals surface area contributed by atoms with Crippen LogP contribution < -0.4 is 14.5 Å². The van der Waals surface area contributed by atoms with Crippen LogP contribution in [0.1, 0.15) is 5.56 Å². The summed E-state index contributed by atoms with van der Waals surface area (Å²) in [6, 6.07) is 14.4. The maximum atomic E-state index is 13.8. The predicted molar refractivity (Wildman–Crippen MR) is 129 cm³/mol. The summed E-state index contributed by atoms with van der Waals surface area (Å²) in [4.78, 5) is 22.9. The smallest absolute Gasteiger partial charge is 0.228 e. The van der Waals surface area contributed by atoms with Crippen LogP contribution in [0.3, 0.4) is 0 Å². The van der Waals surface area contributed by atoms with Crippen LogP contribution in [0.2, 0.25) is 5.02 Å². The second-order valence-electron chi connectivity index (χ2n) is 9.09. The molecule has 0 unspecified atom stereocenters. The summed E-state index contributed by atoms with van der Waals surface area (Å²) in [6.07, 6.45) is 0.766. The lowest BCUT2D eigenvalue weighted by atomic mass is 9.82. The number of ether oxygens (including phenoxy) is 1. The van der Waals surface area contributed by atoms with Crippen LogP contribution in [0.4, 0.5) is 11.4 Å². The Balaban J connectivity index is 1.47. The first-order valence-electron chi connectivity index (χ1n) is 11.5. The molecule has 32 heavy (non-hydrogen) atoms. The maximum absolute atomic E-state index is 13.8. The Labute approximate surface area is 195 Å². The Morgan fingerprint density at radius 3 is 2.53 bits per heavy atom. The SMILES string of the molecule is COc1ccc2c(c1)N1CCN(c3ccccc3Cl)C[C@@H]1[C@@H](C(=O)N1CCN(C)CC1)C2. The summed E-state index contributed by atoms with van der Waals surface area (Å²) in [7, 11) is 3.83. The quantitative estimate of drug-likeness (QED) is 0.713. The molecule has 0 bridgehead atoms. The molecule has 5 rings (SSSR count). The second kappa shape index (κ2) is 8.83. The van der Waals surface area contributed by atoms with E-state index in [2.05, 4.69) is 44.8 Å². The van der Waals surface area contributed by atoms with Crippen molar-refractivity contribution in [3.05, 3.63) is 53.1 Å². The minimum atomic E-state index is -0.0652. The summed E-state index contributed by atoms with van der Waals surface area (Å²) >= 11 is 6.54. The van der Waals surface area contributed by atoms with Gasteiger partial charge in [-0.1, -0.05) is 29.8 Å². The van der Waals surface area contributed by atoms with Gasteiger partial charge in [-0.05, 0) is 37.2 Å². The highest BCUT2D eigenvalue weighted by Gasteiger charge is 2.43. The number of hydrogen-bond donors (Lipinski definition) is 0. The van der Waals surface area contributed by atoms with Crippen molar-refractivity contribution >= 4 is 28.9 Å². The Hall–Kier alpha value is -2.44. The van der Waals surface area contributed by atoms with E-state index in [0.717, 1.165) is 68.7 Å². The number of methoxy groups -OCH3 is 1. The molecule has 2 aromatic rings. The van der Waals surface area contributed by atoms with Crippen LogP contribution in [-0.2, 0) is 11.2 Å². The second-order valence-corrected chi connectivity index (χ2v) is 9.50. The van der Waals surface area contributed by atoms with Gasteiger partial charge in [-0.3, -0.25) is 4.79 Å². The van der Waals surface area contributed by atoms with Gasteiger partial charge in [-0.25, -0.2) is 0 Å². The number of para-hydroxylation sites is 1. The lowest BCUT2D eigenvalue weighted by molar-refractivity contribution is -0.138. The summed E-state index contributed by atoms with van der Waals surface area (Å²) in [5.41, 5.74) is 3.49. The van der Waals surface area contributed by atoms with Crippen LogP contribution in [0, 0.1) is 5.92 Å². The zero-order valence-electron chi connectivity index (χ0n) is 18.8. The fraction of sp³-hybridized carbons (Fsp3) is 0.480. The molecule has 2 atom stereocenters. The molecule has 0 saturated carbocycles. The van der Waals surface area contributed by atoms with Gasteiger partial charge in [0.1, 0.15) is 5.75 Å². The van der Waals surface area contributed by atoms with Gasteiger partial charge in [0.25, 0.3) is 0 Å². The normalized spacial score (nSPS) is 23.5. The van der Waals surface area contributed by atoms with E-state index in [1.165, 1.54) is 11.3 Å². The van der Waals surface area contributed by atoms with E-state index in [0.29, 0.717) is 0 Å². The summed E-state index contributed by atoms with van der Waals surface area (Å²) < 4.78 is 5.51. The number of halogens is 1. The summed E-state index contributed by atoms with van der Waals surface area (Å²) in [5, 5.41) is 0.765. The van der Waals surface area contributed by atoms with Crippen molar-refractivity contribution in [1.82, 2.24) is 9.80 Å². The number of hydrogen-bond acceptors (Lipinski definition) is 5. The molecular weight excluding hydrogens is 424 g/mol. The molecular formula is C25H31ClN4O2. The van der Waals surface area contributed by atoms with Gasteiger partial charge in [0.15, 0.2) is 0 Å². The number of likely N-dealkylation sites (N-methyl/N-ethyl adjacent to an activating group) is 1. The average Bonchev–Trinajstić information content (AvgIpc) is 2.83. The molecule has 0 aliphatic carbocycles. The molecule has 3 aliphatic heterocycles. The number of benzene rings is 2. The van der Waals surface area contributed by atoms with Crippen LogP contribution in [0.5, 0.6) is 5.75 Å². The van der Waals surface area contributed by atoms with Gasteiger partial charge in [-0.15, -0.1) is 0 Å². The standard InChI is InChI=1S/C25H31ClN4O2/c1-27-9-11-28(12-10-27)25(31)20-15-18-7-8-19(32-2)16-23(18)30-14-13-29(17-24(20)30)22-6-4-3-5-21(22)26/h3-8,16,20,24H,9-15,17H2,1-2H3/t20-,24+/m0/s1. The molecule has 3 aliphatic rings. The number of carbonyl (C=O) groups is 1. The Morgan fingerprint density at radius 1 is 1.00 bits per heavy atom. The lowest BCUT2D eigenvalue weighted by Gasteiger charge is -2.50. The zero-order valence-corrected chi connectivity index (χ0v) is 19.6. The van der Waals surface area contributed by atoms with Crippen LogP contribution in [-0.4, -0.2) is 81.7 Å². The monoisotopic (exact) mass is 454 g/mol. The molecule has 170 valence electrons. The van der Waals surface area contributed by atoms with Crippen LogP contribution in [0.25, 0.3) is 0 Å². The summed E-state index contributed by atoms with van der Waals surface area (Å²) in [6.45, 7) is 5.99. The third kappa shape index (κ3) is 3.90. The third-order valence-corrected chi connectivity index (χ3v) is 7.57. The lowest BCUT2D eigenvalue weighted by Crippen LogP contribution is -2.62. The van der Waals surface area contributed by atoms with Gasteiger partial charge in [-0.2, -0.15) is 0 Å². The van der Waals surface area contributed by atoms with Crippen LogP contribution >= 0.6 is 11.6 Å². The fourth-order valence-electron chi connectivity index (χ4n) is 5.38. The molecule has 0 spiro atoms. The van der Waals surface area contributed by atoms with E-state index in [4.69, 9.17) is 16.3 Å². The van der Waals surface area contributed by atoms with E-state index < -0.39 is 0 Å². The first-order chi connectivity index (χ1) is 15.5. The van der Waals surface area contributed by atoms with E-state index in [1.807, 2.05) is 24.3 Å². The minimum absolute atomic E-state index is 0.0652. The number of piperazine rings is 2. The maximum Gasteiger partial charge on any atom is 0.228 e. The van der Waals surface area contributed by atoms with Crippen molar-refractivity contribution in [2.75, 3.05) is 69.8 Å². The molecule has 2 saturated heterocycles. The number of anilines is 2. The molecule has 6 nitrogen and oxygen atoms in total. The summed E-state index contributed by atoms with van der Waals surface area (Å²) in [5.74, 6) is 1.08. The Bertz CT molecular complexity index is 992. The van der Waals surface area contributed by atoms with Gasteiger partial charge in [0.05, 0.1) is 29.8 Å². The molecule has 2 fully saturated rings. The van der Waals surface area contributed by atoms with E-state index in [-0.39, 0.29) is 17.9 Å². The van der Waals surface area contributed by atoms with Gasteiger partial charge < -0.3 is 24.3 Å². The van der Waals surface area contributed by atoms with Gasteiger partial charge in [0.2, 0.25) is 5.91 Å². The van der Waals surface area contributed by atoms with E-state index in [1.54, 1.807) is 7.11 Å². The van der Waals surface area contributed by atoms with Crippen molar-refractivity contribution in [3.63, 3.8) is 0 Å². The van der Waals surface area contributed by atoms with Crippen LogP contribution in [0.15, 0.2) is 42.5 Å². The van der Waals surface area contributed by atoms with Crippen molar-refractivity contribution in [1.29, 1.82) is 0 Å². The van der Waals surface area contributed by atoms with Gasteiger partial charge in [0, 0.05) is 57.6 Å². The molecule has 2 aromatic carbocycles. The molecule has 0 N–H and O–H groups in total. The number of carbonyl (C=O) groups excluding carboxylic acids is 1. The topological polar surface area (TPSA) is 39.3 Å². The predicted octanol–water partition coefficient (Wildman–Crippen LogP) is 2.99. The number of fused-ring (bicyclic) bond motifs is 3. The molecule has 0 aromatic heterocycles. The van der Waals surface area contributed by atoms with Gasteiger partial charge >= 0.3 is 0 Å². The van der Waals surface area contributed by atoms with E-state index in [9.17, 15) is 4.79 Å². The first kappa shape index (κ1) is 21.4.